The van der Waals surface area contributed by atoms with Crippen LogP contribution >= 0.6 is 0 Å². The third kappa shape index (κ3) is 4.14. The van der Waals surface area contributed by atoms with Crippen molar-refractivity contribution in [1.82, 2.24) is 0 Å². The molecule has 0 saturated heterocycles. The Balaban J connectivity index is 1.81. The third-order valence-electron chi connectivity index (χ3n) is 3.22. The van der Waals surface area contributed by atoms with Gasteiger partial charge in [-0.05, 0) is 24.0 Å². The highest BCUT2D eigenvalue weighted by molar-refractivity contribution is 5.06. The first-order chi connectivity index (χ1) is 9.31. The van der Waals surface area contributed by atoms with Crippen molar-refractivity contribution in [3.63, 3.8) is 0 Å². The van der Waals surface area contributed by atoms with Gasteiger partial charge in [0.05, 0.1) is 0 Å². The Morgan fingerprint density at radius 3 is 1.42 bits per heavy atom. The molecule has 2 aromatic rings. The molecule has 0 bridgehead atoms. The van der Waals surface area contributed by atoms with E-state index >= 15 is 0 Å². The minimum Gasteiger partial charge on any atom is -0.262 e. The summed E-state index contributed by atoms with van der Waals surface area (Å²) in [6, 6.07) is 8.53. The summed E-state index contributed by atoms with van der Waals surface area (Å²) in [5, 5.41) is 0. The van der Waals surface area contributed by atoms with Crippen LogP contribution in [0.3, 0.4) is 0 Å². The van der Waals surface area contributed by atoms with Crippen molar-refractivity contribution in [3.8, 4) is 0 Å². The lowest BCUT2D eigenvalue weighted by Gasteiger charge is -2.00. The first kappa shape index (κ1) is 13.7. The predicted molar refractivity (Wildman–Crippen MR) is 73.1 cm³/mol. The summed E-state index contributed by atoms with van der Waals surface area (Å²) in [6.07, 6.45) is 10.4. The summed E-state index contributed by atoms with van der Waals surface area (Å²) in [5.74, 6) is 0. The summed E-state index contributed by atoms with van der Waals surface area (Å²) in [5.41, 5.74) is 2.70. The highest BCUT2D eigenvalue weighted by Gasteiger charge is 2.04. The van der Waals surface area contributed by atoms with Gasteiger partial charge in [-0.25, -0.2) is 0 Å². The van der Waals surface area contributed by atoms with E-state index in [9.17, 15) is 0 Å². The van der Waals surface area contributed by atoms with Crippen LogP contribution < -0.4 is 9.13 Å². The minimum absolute atomic E-state index is 0.576. The molecule has 2 rings (SSSR count). The lowest BCUT2D eigenvalue weighted by molar-refractivity contribution is -0.788. The van der Waals surface area contributed by atoms with Gasteiger partial charge < -0.3 is 0 Å². The Hall–Kier alpha value is -1.74. The molecular formula is C16H22N2O+2. The fourth-order valence-corrected chi connectivity index (χ4v) is 1.87. The van der Waals surface area contributed by atoms with E-state index < -0.39 is 0 Å². The average molecular weight is 258 g/mol. The zero-order valence-electron chi connectivity index (χ0n) is 11.7. The maximum atomic E-state index is 5.68. The molecule has 0 saturated carbocycles. The molecule has 0 aliphatic heterocycles. The molecule has 0 amide bonds. The van der Waals surface area contributed by atoms with E-state index in [1.807, 2.05) is 9.13 Å². The van der Waals surface area contributed by atoms with Gasteiger partial charge >= 0.3 is 0 Å². The highest BCUT2D eigenvalue weighted by atomic mass is 16.5. The molecule has 100 valence electrons. The first-order valence-corrected chi connectivity index (χ1v) is 6.85. The summed E-state index contributed by atoms with van der Waals surface area (Å²) < 4.78 is 9.76. The van der Waals surface area contributed by atoms with Gasteiger partial charge in [-0.3, -0.25) is 4.74 Å². The van der Waals surface area contributed by atoms with Gasteiger partial charge in [0, 0.05) is 24.3 Å². The Kier molecular flexibility index (Phi) is 5.04. The molecular weight excluding hydrogens is 236 g/mol. The number of aryl methyl sites for hydroxylation is 2. The fourth-order valence-electron chi connectivity index (χ4n) is 1.87. The Morgan fingerprint density at radius 2 is 1.11 bits per heavy atom. The number of ether oxygens (including phenoxy) is 1. The number of aromatic nitrogens is 2. The van der Waals surface area contributed by atoms with Crippen molar-refractivity contribution in [3.05, 3.63) is 60.2 Å². The topological polar surface area (TPSA) is 17.0 Å². The van der Waals surface area contributed by atoms with E-state index in [4.69, 9.17) is 4.74 Å². The molecule has 2 heterocycles. The zero-order chi connectivity index (χ0) is 13.5. The number of hydrogen-bond acceptors (Lipinski definition) is 1. The average Bonchev–Trinajstić information content (AvgIpc) is 2.49. The molecule has 0 aromatic carbocycles. The second-order valence-corrected chi connectivity index (χ2v) is 4.61. The van der Waals surface area contributed by atoms with E-state index in [1.54, 1.807) is 0 Å². The second-order valence-electron chi connectivity index (χ2n) is 4.61. The van der Waals surface area contributed by atoms with Crippen LogP contribution in [-0.4, -0.2) is 0 Å². The smallest absolute Gasteiger partial charge is 0.257 e. The molecule has 3 heteroatoms. The van der Waals surface area contributed by atoms with E-state index in [1.165, 1.54) is 11.1 Å². The van der Waals surface area contributed by atoms with Crippen molar-refractivity contribution in [2.45, 2.75) is 40.2 Å². The van der Waals surface area contributed by atoms with Gasteiger partial charge in [0.15, 0.2) is 24.8 Å². The molecule has 2 aromatic heterocycles. The number of rotatable bonds is 6. The Labute approximate surface area is 115 Å². The highest BCUT2D eigenvalue weighted by Crippen LogP contribution is 1.96. The number of nitrogens with zero attached hydrogens (tertiary/aromatic N) is 2. The van der Waals surface area contributed by atoms with Crippen LogP contribution in [0.15, 0.2) is 49.1 Å². The standard InChI is InChI=1S/C16H22N2O/c1-3-15-5-9-17(10-6-15)13-19-14-18-11-7-16(4-2)8-12-18/h5-12H,3-4,13-14H2,1-2H3/q+2. The molecule has 0 radical (unpaired) electrons. The fraction of sp³-hybridized carbons (Fsp3) is 0.375. The summed E-state index contributed by atoms with van der Waals surface area (Å²) in [4.78, 5) is 0. The maximum Gasteiger partial charge on any atom is 0.257 e. The number of pyridine rings is 2. The quantitative estimate of drug-likeness (QED) is 0.724. The minimum atomic E-state index is 0.576. The lowest BCUT2D eigenvalue weighted by atomic mass is 10.2. The van der Waals surface area contributed by atoms with Gasteiger partial charge in [-0.15, -0.1) is 0 Å². The normalized spacial score (nSPS) is 10.6. The molecule has 0 aliphatic rings. The summed E-state index contributed by atoms with van der Waals surface area (Å²) in [7, 11) is 0. The number of hydrogen-bond donors (Lipinski definition) is 0. The van der Waals surface area contributed by atoms with Gasteiger partial charge in [-0.2, -0.15) is 9.13 Å². The van der Waals surface area contributed by atoms with E-state index in [-0.39, 0.29) is 0 Å². The molecule has 0 unspecified atom stereocenters. The zero-order valence-corrected chi connectivity index (χ0v) is 11.7. The Bertz CT molecular complexity index is 444. The third-order valence-corrected chi connectivity index (χ3v) is 3.22. The monoisotopic (exact) mass is 258 g/mol. The summed E-state index contributed by atoms with van der Waals surface area (Å²) >= 11 is 0. The first-order valence-electron chi connectivity index (χ1n) is 6.85. The van der Waals surface area contributed by atoms with Crippen LogP contribution in [0, 0.1) is 0 Å². The van der Waals surface area contributed by atoms with Crippen molar-refractivity contribution < 1.29 is 13.9 Å². The van der Waals surface area contributed by atoms with Gasteiger partial charge in [0.2, 0.25) is 0 Å². The molecule has 0 N–H and O–H groups in total. The summed E-state index contributed by atoms with van der Waals surface area (Å²) in [6.45, 7) is 5.47. The lowest BCUT2D eigenvalue weighted by Crippen LogP contribution is -2.40. The van der Waals surface area contributed by atoms with Crippen molar-refractivity contribution >= 4 is 0 Å². The van der Waals surface area contributed by atoms with Crippen LogP contribution in [0.2, 0.25) is 0 Å². The van der Waals surface area contributed by atoms with Crippen molar-refractivity contribution in [2.75, 3.05) is 0 Å². The molecule has 0 aliphatic carbocycles. The van der Waals surface area contributed by atoms with Crippen LogP contribution in [-0.2, 0) is 31.0 Å². The SMILES string of the molecule is CCc1cc[n+](COC[n+]2ccc(CC)cc2)cc1. The Morgan fingerprint density at radius 1 is 0.737 bits per heavy atom. The molecule has 0 fully saturated rings. The van der Waals surface area contributed by atoms with Crippen molar-refractivity contribution in [2.24, 2.45) is 0 Å². The second kappa shape index (κ2) is 7.00. The van der Waals surface area contributed by atoms with E-state index in [0.29, 0.717) is 13.5 Å². The molecule has 19 heavy (non-hydrogen) atoms. The predicted octanol–water partition coefficient (Wildman–Crippen LogP) is 2.02. The van der Waals surface area contributed by atoms with Gasteiger partial charge in [0.1, 0.15) is 0 Å². The molecule has 0 atom stereocenters. The van der Waals surface area contributed by atoms with Crippen molar-refractivity contribution in [1.29, 1.82) is 0 Å². The molecule has 3 nitrogen and oxygen atoms in total. The largest absolute Gasteiger partial charge is 0.262 e. The van der Waals surface area contributed by atoms with Crippen LogP contribution in [0.25, 0.3) is 0 Å². The van der Waals surface area contributed by atoms with Gasteiger partial charge in [-0.1, -0.05) is 13.8 Å². The maximum absolute atomic E-state index is 5.68. The van der Waals surface area contributed by atoms with E-state index in [2.05, 4.69) is 62.9 Å². The molecule has 0 spiro atoms. The van der Waals surface area contributed by atoms with Gasteiger partial charge in [0.25, 0.3) is 13.5 Å². The van der Waals surface area contributed by atoms with Crippen LogP contribution in [0.5, 0.6) is 0 Å². The van der Waals surface area contributed by atoms with Crippen LogP contribution in [0.4, 0.5) is 0 Å². The van der Waals surface area contributed by atoms with E-state index in [0.717, 1.165) is 12.8 Å². The van der Waals surface area contributed by atoms with Crippen LogP contribution in [0.1, 0.15) is 25.0 Å².